The van der Waals surface area contributed by atoms with E-state index in [1.807, 2.05) is 6.92 Å². The van der Waals surface area contributed by atoms with Crippen LogP contribution in [0.25, 0.3) is 0 Å². The smallest absolute Gasteiger partial charge is 0.0963 e. The molecule has 0 aromatic carbocycles. The molecule has 1 aliphatic rings. The van der Waals surface area contributed by atoms with E-state index in [-0.39, 0.29) is 0 Å². The lowest BCUT2D eigenvalue weighted by molar-refractivity contribution is 0.870. The monoisotopic (exact) mass is 152 g/mol. The van der Waals surface area contributed by atoms with Crippen molar-refractivity contribution < 1.29 is 0 Å². The van der Waals surface area contributed by atoms with Crippen LogP contribution in [0.5, 0.6) is 0 Å². The first kappa shape index (κ1) is 8.31. The first-order valence-corrected chi connectivity index (χ1v) is 4.32. The second kappa shape index (κ2) is 4.94. The zero-order valence-electron chi connectivity index (χ0n) is 7.14. The third kappa shape index (κ3) is 3.21. The zero-order valence-corrected chi connectivity index (χ0v) is 7.14. The fourth-order valence-corrected chi connectivity index (χ4v) is 1.15. The van der Waals surface area contributed by atoms with Gasteiger partial charge in [0.25, 0.3) is 0 Å². The van der Waals surface area contributed by atoms with E-state index in [1.54, 1.807) is 0 Å². The maximum Gasteiger partial charge on any atom is 0.0963 e. The van der Waals surface area contributed by atoms with E-state index in [4.69, 9.17) is 0 Å². The van der Waals surface area contributed by atoms with Crippen LogP contribution in [-0.2, 0) is 0 Å². The molecule has 11 heavy (non-hydrogen) atoms. The van der Waals surface area contributed by atoms with Gasteiger partial charge in [-0.3, -0.25) is 4.99 Å². The highest BCUT2D eigenvalue weighted by molar-refractivity contribution is 5.83. The van der Waals surface area contributed by atoms with E-state index < -0.39 is 0 Å². The highest BCUT2D eigenvalue weighted by Gasteiger charge is 2.03. The van der Waals surface area contributed by atoms with E-state index >= 15 is 0 Å². The molecule has 0 aliphatic carbocycles. The van der Waals surface area contributed by atoms with Crippen LogP contribution in [0.4, 0.5) is 0 Å². The molecule has 0 fully saturated rings. The van der Waals surface area contributed by atoms with Crippen molar-refractivity contribution >= 4 is 5.84 Å². The second-order valence-electron chi connectivity index (χ2n) is 2.72. The number of allylic oxidation sites excluding steroid dienone is 1. The summed E-state index contributed by atoms with van der Waals surface area (Å²) in [6.07, 6.45) is 7.73. The third-order valence-corrected chi connectivity index (χ3v) is 1.75. The predicted molar refractivity (Wildman–Crippen MR) is 49.0 cm³/mol. The van der Waals surface area contributed by atoms with Crippen LogP contribution < -0.4 is 5.32 Å². The molecule has 0 unspecified atom stereocenters. The van der Waals surface area contributed by atoms with Crippen molar-refractivity contribution in [3.63, 3.8) is 0 Å². The van der Waals surface area contributed by atoms with Gasteiger partial charge in [0.15, 0.2) is 0 Å². The molecule has 0 spiro atoms. The first-order valence-electron chi connectivity index (χ1n) is 4.32. The van der Waals surface area contributed by atoms with Crippen LogP contribution in [0, 0.1) is 0 Å². The summed E-state index contributed by atoms with van der Waals surface area (Å²) in [5.74, 6) is 1.20. The van der Waals surface area contributed by atoms with Crippen LogP contribution in [-0.4, -0.2) is 18.9 Å². The van der Waals surface area contributed by atoms with Crippen molar-refractivity contribution in [2.24, 2.45) is 4.99 Å². The molecule has 1 rings (SSSR count). The van der Waals surface area contributed by atoms with Crippen LogP contribution in [0.3, 0.4) is 0 Å². The Balaban J connectivity index is 2.02. The van der Waals surface area contributed by atoms with E-state index in [0.29, 0.717) is 0 Å². The largest absolute Gasteiger partial charge is 0.374 e. The summed E-state index contributed by atoms with van der Waals surface area (Å²) < 4.78 is 0. The maximum atomic E-state index is 4.31. The van der Waals surface area contributed by atoms with Crippen molar-refractivity contribution in [3.05, 3.63) is 12.2 Å². The number of nitrogens with one attached hydrogen (secondary N) is 1. The Morgan fingerprint density at radius 3 is 3.18 bits per heavy atom. The molecule has 2 nitrogen and oxygen atoms in total. The number of hydrogen-bond acceptors (Lipinski definition) is 2. The minimum absolute atomic E-state index is 1.02. The lowest BCUT2D eigenvalue weighted by Gasteiger charge is -2.01. The number of hydrogen-bond donors (Lipinski definition) is 1. The zero-order chi connectivity index (χ0) is 7.94. The van der Waals surface area contributed by atoms with Gasteiger partial charge in [-0.2, -0.15) is 0 Å². The molecule has 2 heteroatoms. The van der Waals surface area contributed by atoms with Gasteiger partial charge in [0.05, 0.1) is 5.84 Å². The van der Waals surface area contributed by atoms with Gasteiger partial charge >= 0.3 is 0 Å². The maximum absolute atomic E-state index is 4.31. The molecule has 0 radical (unpaired) electrons. The lowest BCUT2D eigenvalue weighted by Crippen LogP contribution is -2.21. The number of amidine groups is 1. The lowest BCUT2D eigenvalue weighted by atomic mass is 10.3. The van der Waals surface area contributed by atoms with Gasteiger partial charge in [0.2, 0.25) is 0 Å². The van der Waals surface area contributed by atoms with Crippen molar-refractivity contribution in [3.8, 4) is 0 Å². The minimum Gasteiger partial charge on any atom is -0.374 e. The molecule has 62 valence electrons. The second-order valence-corrected chi connectivity index (χ2v) is 2.72. The number of rotatable bonds is 3. The van der Waals surface area contributed by atoms with Crippen molar-refractivity contribution in [2.45, 2.75) is 26.2 Å². The Kier molecular flexibility index (Phi) is 3.73. The average Bonchev–Trinajstić information content (AvgIpc) is 2.50. The summed E-state index contributed by atoms with van der Waals surface area (Å²) in [5.41, 5.74) is 0. The van der Waals surface area contributed by atoms with Gasteiger partial charge in [-0.05, 0) is 19.8 Å². The van der Waals surface area contributed by atoms with Crippen LogP contribution in [0.2, 0.25) is 0 Å². The Morgan fingerprint density at radius 2 is 2.55 bits per heavy atom. The van der Waals surface area contributed by atoms with Crippen molar-refractivity contribution in [1.82, 2.24) is 5.32 Å². The normalized spacial score (nSPS) is 17.4. The van der Waals surface area contributed by atoms with Gasteiger partial charge in [0.1, 0.15) is 0 Å². The highest BCUT2D eigenvalue weighted by Crippen LogP contribution is 2.00. The SMILES string of the molecule is C/C=C/CCNC1=NCCC1. The Hall–Kier alpha value is -0.790. The van der Waals surface area contributed by atoms with Crippen LogP contribution >= 0.6 is 0 Å². The Morgan fingerprint density at radius 1 is 1.64 bits per heavy atom. The summed E-state index contributed by atoms with van der Waals surface area (Å²) in [5, 5.41) is 3.32. The van der Waals surface area contributed by atoms with Gasteiger partial charge in [-0.15, -0.1) is 0 Å². The molecule has 0 bridgehead atoms. The fourth-order valence-electron chi connectivity index (χ4n) is 1.15. The topological polar surface area (TPSA) is 24.4 Å². The van der Waals surface area contributed by atoms with Gasteiger partial charge < -0.3 is 5.32 Å². The molecule has 0 saturated carbocycles. The Labute approximate surface area is 68.4 Å². The van der Waals surface area contributed by atoms with E-state index in [1.165, 1.54) is 12.3 Å². The first-order chi connectivity index (χ1) is 5.43. The molecule has 1 N–H and O–H groups in total. The summed E-state index contributed by atoms with van der Waals surface area (Å²) in [6.45, 7) is 4.10. The van der Waals surface area contributed by atoms with Crippen LogP contribution in [0.1, 0.15) is 26.2 Å². The van der Waals surface area contributed by atoms with Gasteiger partial charge in [-0.1, -0.05) is 12.2 Å². The molecular weight excluding hydrogens is 136 g/mol. The Bertz CT molecular complexity index is 159. The van der Waals surface area contributed by atoms with Crippen LogP contribution in [0.15, 0.2) is 17.1 Å². The highest BCUT2D eigenvalue weighted by atomic mass is 15.0. The van der Waals surface area contributed by atoms with Crippen molar-refractivity contribution in [2.75, 3.05) is 13.1 Å². The quantitative estimate of drug-likeness (QED) is 0.483. The molecule has 0 aromatic heterocycles. The summed E-state index contributed by atoms with van der Waals surface area (Å²) in [4.78, 5) is 4.31. The van der Waals surface area contributed by atoms with Gasteiger partial charge in [-0.25, -0.2) is 0 Å². The molecule has 0 atom stereocenters. The van der Waals surface area contributed by atoms with Gasteiger partial charge in [0, 0.05) is 19.5 Å². The summed E-state index contributed by atoms with van der Waals surface area (Å²) in [6, 6.07) is 0. The standard InChI is InChI=1S/C9H16N2/c1-2-3-4-7-10-9-6-5-8-11-9/h2-3H,4-8H2,1H3,(H,10,11)/b3-2+. The molecule has 0 saturated heterocycles. The van der Waals surface area contributed by atoms with E-state index in [0.717, 1.165) is 25.9 Å². The summed E-state index contributed by atoms with van der Waals surface area (Å²) in [7, 11) is 0. The summed E-state index contributed by atoms with van der Waals surface area (Å²) >= 11 is 0. The van der Waals surface area contributed by atoms with E-state index in [2.05, 4.69) is 22.5 Å². The molecular formula is C9H16N2. The molecule has 1 heterocycles. The third-order valence-electron chi connectivity index (χ3n) is 1.75. The fraction of sp³-hybridized carbons (Fsp3) is 0.667. The predicted octanol–water partition coefficient (Wildman–Crippen LogP) is 1.73. The molecule has 0 amide bonds. The molecule has 0 aromatic rings. The number of aliphatic imine (C=N–C) groups is 1. The average molecular weight is 152 g/mol. The van der Waals surface area contributed by atoms with Crippen molar-refractivity contribution in [1.29, 1.82) is 0 Å². The molecule has 1 aliphatic heterocycles. The minimum atomic E-state index is 1.02. The number of nitrogens with zero attached hydrogens (tertiary/aromatic N) is 1. The van der Waals surface area contributed by atoms with E-state index in [9.17, 15) is 0 Å².